The van der Waals surface area contributed by atoms with Crippen LogP contribution in [-0.4, -0.2) is 27.6 Å². The normalized spacial score (nSPS) is 18.4. The van der Waals surface area contributed by atoms with Crippen molar-refractivity contribution in [1.82, 2.24) is 15.1 Å². The van der Waals surface area contributed by atoms with Crippen LogP contribution in [-0.2, 0) is 4.79 Å². The third-order valence-electron chi connectivity index (χ3n) is 5.46. The van der Waals surface area contributed by atoms with Crippen molar-refractivity contribution in [2.75, 3.05) is 5.32 Å². The summed E-state index contributed by atoms with van der Waals surface area (Å²) in [6, 6.07) is 14.8. The maximum Gasteiger partial charge on any atom is 0.251 e. The second-order valence-electron chi connectivity index (χ2n) is 7.62. The molecule has 1 aliphatic rings. The molecule has 4 rings (SSSR count). The zero-order valence-corrected chi connectivity index (χ0v) is 17.5. The van der Waals surface area contributed by atoms with Gasteiger partial charge in [-0.15, -0.1) is 5.10 Å². The van der Waals surface area contributed by atoms with Gasteiger partial charge in [-0.1, -0.05) is 29.8 Å². The molecule has 1 fully saturated rings. The SMILES string of the molecule is O=C(NC1CCC(C(=O)Nc2ccn(-c3ccccc3F)n2)CC1)c1cccc(Cl)c1. The van der Waals surface area contributed by atoms with Crippen molar-refractivity contribution >= 4 is 29.2 Å². The number of amides is 2. The van der Waals surface area contributed by atoms with Crippen molar-refractivity contribution in [3.05, 3.63) is 77.2 Å². The molecule has 0 atom stereocenters. The van der Waals surface area contributed by atoms with Crippen LogP contribution in [0.1, 0.15) is 36.0 Å². The van der Waals surface area contributed by atoms with Gasteiger partial charge in [0.2, 0.25) is 5.91 Å². The average molecular weight is 441 g/mol. The van der Waals surface area contributed by atoms with Gasteiger partial charge in [-0.05, 0) is 56.0 Å². The number of nitrogens with one attached hydrogen (secondary N) is 2. The van der Waals surface area contributed by atoms with Crippen molar-refractivity contribution in [2.45, 2.75) is 31.7 Å². The van der Waals surface area contributed by atoms with Crippen LogP contribution in [0.4, 0.5) is 10.2 Å². The summed E-state index contributed by atoms with van der Waals surface area (Å²) < 4.78 is 15.3. The van der Waals surface area contributed by atoms with E-state index in [1.54, 1.807) is 54.7 Å². The number of halogens is 2. The molecule has 1 aromatic heterocycles. The van der Waals surface area contributed by atoms with Gasteiger partial charge in [-0.25, -0.2) is 9.07 Å². The molecular weight excluding hydrogens is 419 g/mol. The number of nitrogens with zero attached hydrogens (tertiary/aromatic N) is 2. The Morgan fingerprint density at radius 2 is 1.81 bits per heavy atom. The van der Waals surface area contributed by atoms with Crippen LogP contribution >= 0.6 is 11.6 Å². The molecule has 2 amide bonds. The smallest absolute Gasteiger partial charge is 0.251 e. The fraction of sp³-hybridized carbons (Fsp3) is 0.261. The molecule has 160 valence electrons. The molecule has 3 aromatic rings. The second-order valence-corrected chi connectivity index (χ2v) is 8.06. The van der Waals surface area contributed by atoms with Crippen LogP contribution in [0.5, 0.6) is 0 Å². The highest BCUT2D eigenvalue weighted by Gasteiger charge is 2.27. The maximum absolute atomic E-state index is 13.9. The van der Waals surface area contributed by atoms with E-state index in [9.17, 15) is 14.0 Å². The van der Waals surface area contributed by atoms with Gasteiger partial charge in [0.25, 0.3) is 5.91 Å². The first kappa shape index (κ1) is 21.1. The first-order valence-corrected chi connectivity index (χ1v) is 10.6. The Morgan fingerprint density at radius 3 is 2.55 bits per heavy atom. The molecule has 1 aliphatic carbocycles. The third-order valence-corrected chi connectivity index (χ3v) is 5.69. The lowest BCUT2D eigenvalue weighted by Gasteiger charge is -2.28. The Kier molecular flexibility index (Phi) is 6.32. The molecule has 2 N–H and O–H groups in total. The molecular formula is C23H22ClFN4O2. The average Bonchev–Trinajstić information content (AvgIpc) is 3.22. The van der Waals surface area contributed by atoms with Crippen LogP contribution in [0.2, 0.25) is 5.02 Å². The van der Waals surface area contributed by atoms with Gasteiger partial charge >= 0.3 is 0 Å². The van der Waals surface area contributed by atoms with E-state index in [0.29, 0.717) is 47.8 Å². The second kappa shape index (κ2) is 9.31. The quantitative estimate of drug-likeness (QED) is 0.609. The van der Waals surface area contributed by atoms with E-state index >= 15 is 0 Å². The molecule has 0 radical (unpaired) electrons. The summed E-state index contributed by atoms with van der Waals surface area (Å²) in [6.07, 6.45) is 4.37. The van der Waals surface area contributed by atoms with Crippen LogP contribution in [0.3, 0.4) is 0 Å². The van der Waals surface area contributed by atoms with Crippen molar-refractivity contribution in [3.8, 4) is 5.69 Å². The predicted molar refractivity (Wildman–Crippen MR) is 117 cm³/mol. The highest BCUT2D eigenvalue weighted by atomic mass is 35.5. The lowest BCUT2D eigenvalue weighted by Crippen LogP contribution is -2.39. The molecule has 2 aromatic carbocycles. The summed E-state index contributed by atoms with van der Waals surface area (Å²) >= 11 is 5.95. The van der Waals surface area contributed by atoms with Gasteiger partial charge in [-0.2, -0.15) is 0 Å². The Bertz CT molecular complexity index is 1090. The van der Waals surface area contributed by atoms with Gasteiger partial charge in [0.15, 0.2) is 5.82 Å². The largest absolute Gasteiger partial charge is 0.349 e. The molecule has 1 heterocycles. The number of aromatic nitrogens is 2. The van der Waals surface area contributed by atoms with Crippen LogP contribution in [0.25, 0.3) is 5.69 Å². The van der Waals surface area contributed by atoms with Crippen LogP contribution < -0.4 is 10.6 Å². The van der Waals surface area contributed by atoms with Gasteiger partial charge in [0.05, 0.1) is 0 Å². The molecule has 0 bridgehead atoms. The Hall–Kier alpha value is -3.19. The first-order chi connectivity index (χ1) is 15.0. The number of rotatable bonds is 5. The molecule has 8 heteroatoms. The molecule has 6 nitrogen and oxygen atoms in total. The minimum atomic E-state index is -0.387. The summed E-state index contributed by atoms with van der Waals surface area (Å²) in [7, 11) is 0. The fourth-order valence-corrected chi connectivity index (χ4v) is 3.98. The van der Waals surface area contributed by atoms with Crippen LogP contribution in [0, 0.1) is 11.7 Å². The highest BCUT2D eigenvalue weighted by Crippen LogP contribution is 2.26. The molecule has 0 aliphatic heterocycles. The summed E-state index contributed by atoms with van der Waals surface area (Å²) in [4.78, 5) is 25.0. The number of hydrogen-bond acceptors (Lipinski definition) is 3. The monoisotopic (exact) mass is 440 g/mol. The van der Waals surface area contributed by atoms with Crippen LogP contribution in [0.15, 0.2) is 60.8 Å². The van der Waals surface area contributed by atoms with E-state index in [2.05, 4.69) is 15.7 Å². The van der Waals surface area contributed by atoms with Crippen molar-refractivity contribution in [1.29, 1.82) is 0 Å². The van der Waals surface area contributed by atoms with E-state index in [1.165, 1.54) is 10.7 Å². The zero-order valence-electron chi connectivity index (χ0n) is 16.7. The Balaban J connectivity index is 1.29. The molecule has 0 unspecified atom stereocenters. The molecule has 1 saturated carbocycles. The number of carbonyl (C=O) groups is 2. The van der Waals surface area contributed by atoms with E-state index in [0.717, 1.165) is 0 Å². The number of anilines is 1. The highest BCUT2D eigenvalue weighted by molar-refractivity contribution is 6.30. The lowest BCUT2D eigenvalue weighted by molar-refractivity contribution is -0.120. The van der Waals surface area contributed by atoms with Gasteiger partial charge < -0.3 is 10.6 Å². The van der Waals surface area contributed by atoms with Gasteiger partial charge in [0, 0.05) is 34.8 Å². The summed E-state index contributed by atoms with van der Waals surface area (Å²) in [6.45, 7) is 0. The molecule has 31 heavy (non-hydrogen) atoms. The fourth-order valence-electron chi connectivity index (χ4n) is 3.79. The topological polar surface area (TPSA) is 76.0 Å². The number of hydrogen-bond donors (Lipinski definition) is 2. The van der Waals surface area contributed by atoms with Crippen molar-refractivity contribution < 1.29 is 14.0 Å². The summed E-state index contributed by atoms with van der Waals surface area (Å²) in [5, 5.41) is 10.6. The predicted octanol–water partition coefficient (Wildman–Crippen LogP) is 4.59. The Morgan fingerprint density at radius 1 is 1.03 bits per heavy atom. The van der Waals surface area contributed by atoms with E-state index < -0.39 is 0 Å². The number of benzene rings is 2. The minimum absolute atomic E-state index is 0.0239. The molecule has 0 saturated heterocycles. The van der Waals surface area contributed by atoms with Crippen molar-refractivity contribution in [3.63, 3.8) is 0 Å². The minimum Gasteiger partial charge on any atom is -0.349 e. The number of carbonyl (C=O) groups excluding carboxylic acids is 2. The zero-order chi connectivity index (χ0) is 21.8. The standard InChI is InChI=1S/C23H22ClFN4O2/c24-17-5-3-4-16(14-17)23(31)26-18-10-8-15(9-11-18)22(30)27-21-12-13-29(28-21)20-7-2-1-6-19(20)25/h1-7,12-15,18H,8-11H2,(H,26,31)(H,27,28,30). The number of para-hydroxylation sites is 1. The summed E-state index contributed by atoms with van der Waals surface area (Å²) in [5.74, 6) is -0.434. The third kappa shape index (κ3) is 5.11. The summed E-state index contributed by atoms with van der Waals surface area (Å²) in [5.41, 5.74) is 0.844. The van der Waals surface area contributed by atoms with Crippen molar-refractivity contribution in [2.24, 2.45) is 5.92 Å². The molecule has 0 spiro atoms. The van der Waals surface area contributed by atoms with E-state index in [1.807, 2.05) is 0 Å². The van der Waals surface area contributed by atoms with E-state index in [-0.39, 0.29) is 29.6 Å². The Labute approximate surface area is 184 Å². The first-order valence-electron chi connectivity index (χ1n) is 10.2. The van der Waals surface area contributed by atoms with Gasteiger partial charge in [0.1, 0.15) is 11.5 Å². The van der Waals surface area contributed by atoms with E-state index in [4.69, 9.17) is 11.6 Å². The maximum atomic E-state index is 13.9. The lowest BCUT2D eigenvalue weighted by atomic mass is 9.85. The van der Waals surface area contributed by atoms with Gasteiger partial charge in [-0.3, -0.25) is 9.59 Å².